The Hall–Kier alpha value is -0.120. The van der Waals surface area contributed by atoms with E-state index in [-0.39, 0.29) is 0 Å². The van der Waals surface area contributed by atoms with Gasteiger partial charge in [-0.3, -0.25) is 4.90 Å². The van der Waals surface area contributed by atoms with Crippen molar-refractivity contribution in [3.05, 3.63) is 0 Å². The summed E-state index contributed by atoms with van der Waals surface area (Å²) in [4.78, 5) is 2.51. The van der Waals surface area contributed by atoms with Crippen LogP contribution in [-0.2, 0) is 4.74 Å². The fourth-order valence-electron chi connectivity index (χ4n) is 2.03. The Morgan fingerprint density at radius 2 is 2.07 bits per heavy atom. The van der Waals surface area contributed by atoms with Crippen molar-refractivity contribution in [3.63, 3.8) is 0 Å². The predicted octanol–water partition coefficient (Wildman–Crippen LogP) is 1.65. The van der Waals surface area contributed by atoms with E-state index in [2.05, 4.69) is 11.8 Å². The lowest BCUT2D eigenvalue weighted by Gasteiger charge is -2.32. The van der Waals surface area contributed by atoms with Crippen LogP contribution in [0.5, 0.6) is 0 Å². The quantitative estimate of drug-likeness (QED) is 0.655. The minimum absolute atomic E-state index is 0.343. The highest BCUT2D eigenvalue weighted by atomic mass is 16.5. The van der Waals surface area contributed by atoms with Gasteiger partial charge in [-0.2, -0.15) is 0 Å². The van der Waals surface area contributed by atoms with E-state index in [0.29, 0.717) is 12.7 Å². The summed E-state index contributed by atoms with van der Waals surface area (Å²) in [6.07, 6.45) is 6.21. The first-order valence-corrected chi connectivity index (χ1v) is 6.31. The molecule has 15 heavy (non-hydrogen) atoms. The molecule has 1 atom stereocenters. The van der Waals surface area contributed by atoms with Crippen molar-refractivity contribution in [2.45, 2.75) is 45.1 Å². The molecule has 0 radical (unpaired) electrons. The standard InChI is InChI=1S/C12H25NO2/c1-2-12-11-13(8-10-15-12)7-5-3-4-6-9-14/h12,14H,2-11H2,1H3. The van der Waals surface area contributed by atoms with Gasteiger partial charge in [-0.05, 0) is 25.8 Å². The predicted molar refractivity (Wildman–Crippen MR) is 62.0 cm³/mol. The molecule has 3 nitrogen and oxygen atoms in total. The van der Waals surface area contributed by atoms with Crippen molar-refractivity contribution in [3.8, 4) is 0 Å². The number of aliphatic hydroxyl groups excluding tert-OH is 1. The Morgan fingerprint density at radius 1 is 1.27 bits per heavy atom. The molecule has 1 saturated heterocycles. The summed E-state index contributed by atoms with van der Waals surface area (Å²) in [7, 11) is 0. The summed E-state index contributed by atoms with van der Waals surface area (Å²) in [5, 5.41) is 8.65. The molecule has 0 aromatic heterocycles. The molecule has 90 valence electrons. The molecule has 0 bridgehead atoms. The van der Waals surface area contributed by atoms with Crippen LogP contribution >= 0.6 is 0 Å². The maximum Gasteiger partial charge on any atom is 0.0700 e. The van der Waals surface area contributed by atoms with E-state index in [1.54, 1.807) is 0 Å². The summed E-state index contributed by atoms with van der Waals surface area (Å²) >= 11 is 0. The lowest BCUT2D eigenvalue weighted by Crippen LogP contribution is -2.42. The molecule has 1 aliphatic heterocycles. The summed E-state index contributed by atoms with van der Waals surface area (Å²) < 4.78 is 5.63. The van der Waals surface area contributed by atoms with Crippen molar-refractivity contribution in [1.82, 2.24) is 4.90 Å². The van der Waals surface area contributed by atoms with Gasteiger partial charge in [0, 0.05) is 19.7 Å². The first-order valence-electron chi connectivity index (χ1n) is 6.31. The molecule has 1 rings (SSSR count). The molecular weight excluding hydrogens is 190 g/mol. The van der Waals surface area contributed by atoms with Gasteiger partial charge in [0.15, 0.2) is 0 Å². The molecular formula is C12H25NO2. The smallest absolute Gasteiger partial charge is 0.0700 e. The van der Waals surface area contributed by atoms with Crippen LogP contribution in [-0.4, -0.2) is 49.0 Å². The molecule has 3 heteroatoms. The van der Waals surface area contributed by atoms with Gasteiger partial charge in [0.25, 0.3) is 0 Å². The van der Waals surface area contributed by atoms with Crippen molar-refractivity contribution >= 4 is 0 Å². The van der Waals surface area contributed by atoms with E-state index in [9.17, 15) is 0 Å². The average Bonchev–Trinajstić information content (AvgIpc) is 2.29. The number of ether oxygens (including phenoxy) is 1. The summed E-state index contributed by atoms with van der Waals surface area (Å²) in [6.45, 7) is 6.83. The third-order valence-electron chi connectivity index (χ3n) is 3.06. The minimum atomic E-state index is 0.343. The van der Waals surface area contributed by atoms with Crippen LogP contribution in [0.1, 0.15) is 39.0 Å². The zero-order valence-electron chi connectivity index (χ0n) is 9.95. The zero-order chi connectivity index (χ0) is 10.9. The third-order valence-corrected chi connectivity index (χ3v) is 3.06. The van der Waals surface area contributed by atoms with Gasteiger partial charge in [0.2, 0.25) is 0 Å². The fourth-order valence-corrected chi connectivity index (χ4v) is 2.03. The highest BCUT2D eigenvalue weighted by molar-refractivity contribution is 4.70. The number of hydrogen-bond donors (Lipinski definition) is 1. The molecule has 0 spiro atoms. The zero-order valence-corrected chi connectivity index (χ0v) is 9.95. The number of nitrogens with zero attached hydrogens (tertiary/aromatic N) is 1. The van der Waals surface area contributed by atoms with Crippen molar-refractivity contribution < 1.29 is 9.84 Å². The Morgan fingerprint density at radius 3 is 2.80 bits per heavy atom. The van der Waals surface area contributed by atoms with Gasteiger partial charge >= 0.3 is 0 Å². The van der Waals surface area contributed by atoms with Gasteiger partial charge < -0.3 is 9.84 Å². The van der Waals surface area contributed by atoms with Crippen LogP contribution in [0.3, 0.4) is 0 Å². The highest BCUT2D eigenvalue weighted by Crippen LogP contribution is 2.09. The maximum atomic E-state index is 8.65. The second-order valence-corrected chi connectivity index (χ2v) is 4.34. The van der Waals surface area contributed by atoms with E-state index in [1.165, 1.54) is 19.4 Å². The Kier molecular flexibility index (Phi) is 6.98. The van der Waals surface area contributed by atoms with Gasteiger partial charge in [0.1, 0.15) is 0 Å². The maximum absolute atomic E-state index is 8.65. The van der Waals surface area contributed by atoms with E-state index < -0.39 is 0 Å². The summed E-state index contributed by atoms with van der Waals surface area (Å²) in [5.41, 5.74) is 0. The molecule has 0 aromatic rings. The Labute approximate surface area is 93.4 Å². The molecule has 1 unspecified atom stereocenters. The third kappa shape index (κ3) is 5.50. The number of aliphatic hydroxyl groups is 1. The molecule has 0 amide bonds. The fraction of sp³-hybridized carbons (Fsp3) is 1.00. The van der Waals surface area contributed by atoms with E-state index in [1.807, 2.05) is 0 Å². The first kappa shape index (κ1) is 12.9. The molecule has 1 N–H and O–H groups in total. The first-order chi connectivity index (χ1) is 7.36. The molecule has 0 aliphatic carbocycles. The SMILES string of the molecule is CCC1CN(CCCCCCO)CCO1. The van der Waals surface area contributed by atoms with Crippen LogP contribution < -0.4 is 0 Å². The largest absolute Gasteiger partial charge is 0.396 e. The molecule has 1 aliphatic rings. The summed E-state index contributed by atoms with van der Waals surface area (Å²) in [6, 6.07) is 0. The van der Waals surface area contributed by atoms with E-state index >= 15 is 0 Å². The molecule has 0 aromatic carbocycles. The van der Waals surface area contributed by atoms with Crippen LogP contribution in [0.4, 0.5) is 0 Å². The van der Waals surface area contributed by atoms with Crippen molar-refractivity contribution in [2.24, 2.45) is 0 Å². The van der Waals surface area contributed by atoms with Gasteiger partial charge in [-0.25, -0.2) is 0 Å². The Bertz CT molecular complexity index is 153. The van der Waals surface area contributed by atoms with E-state index in [4.69, 9.17) is 9.84 Å². The Balaban J connectivity index is 2.00. The number of hydrogen-bond acceptors (Lipinski definition) is 3. The lowest BCUT2D eigenvalue weighted by atomic mass is 10.1. The van der Waals surface area contributed by atoms with Crippen molar-refractivity contribution in [2.75, 3.05) is 32.8 Å². The topological polar surface area (TPSA) is 32.7 Å². The lowest BCUT2D eigenvalue weighted by molar-refractivity contribution is -0.0299. The monoisotopic (exact) mass is 215 g/mol. The number of rotatable bonds is 7. The minimum Gasteiger partial charge on any atom is -0.396 e. The normalized spacial score (nSPS) is 23.2. The van der Waals surface area contributed by atoms with Crippen LogP contribution in [0, 0.1) is 0 Å². The summed E-state index contributed by atoms with van der Waals surface area (Å²) in [5.74, 6) is 0. The number of morpholine rings is 1. The molecule has 1 fully saturated rings. The van der Waals surface area contributed by atoms with Gasteiger partial charge in [-0.1, -0.05) is 19.8 Å². The van der Waals surface area contributed by atoms with Gasteiger partial charge in [0.05, 0.1) is 12.7 Å². The van der Waals surface area contributed by atoms with Crippen molar-refractivity contribution in [1.29, 1.82) is 0 Å². The highest BCUT2D eigenvalue weighted by Gasteiger charge is 2.17. The molecule has 1 heterocycles. The van der Waals surface area contributed by atoms with E-state index in [0.717, 1.165) is 39.0 Å². The number of unbranched alkanes of at least 4 members (excludes halogenated alkanes) is 3. The molecule has 0 saturated carbocycles. The van der Waals surface area contributed by atoms with Gasteiger partial charge in [-0.15, -0.1) is 0 Å². The second kappa shape index (κ2) is 8.08. The van der Waals surface area contributed by atoms with Crippen LogP contribution in [0.15, 0.2) is 0 Å². The second-order valence-electron chi connectivity index (χ2n) is 4.34. The van der Waals surface area contributed by atoms with Crippen LogP contribution in [0.2, 0.25) is 0 Å². The average molecular weight is 215 g/mol. The van der Waals surface area contributed by atoms with Crippen LogP contribution in [0.25, 0.3) is 0 Å².